The molecule has 0 saturated carbocycles. The Kier molecular flexibility index (Phi) is 5.15. The molecule has 3 heteroatoms. The number of hydrogen-bond donors (Lipinski definition) is 1. The van der Waals surface area contributed by atoms with Gasteiger partial charge in [-0.05, 0) is 20.4 Å². The molecule has 1 saturated heterocycles. The van der Waals surface area contributed by atoms with Crippen molar-refractivity contribution in [1.82, 2.24) is 10.2 Å². The summed E-state index contributed by atoms with van der Waals surface area (Å²) in [6.07, 6.45) is 1.51. The SMILES string of the molecule is C=C(C)CN(C)CCC1CNCCO1. The molecule has 0 spiro atoms. The molecule has 1 unspecified atom stereocenters. The van der Waals surface area contributed by atoms with Crippen LogP contribution >= 0.6 is 0 Å². The number of ether oxygens (including phenoxy) is 1. The first-order valence-corrected chi connectivity index (χ1v) is 5.33. The van der Waals surface area contributed by atoms with Crippen LogP contribution < -0.4 is 5.32 Å². The topological polar surface area (TPSA) is 24.5 Å². The Bertz CT molecular complexity index is 176. The molecular formula is C11H22N2O. The maximum atomic E-state index is 5.62. The Morgan fingerprint density at radius 3 is 3.00 bits per heavy atom. The summed E-state index contributed by atoms with van der Waals surface area (Å²) in [5.74, 6) is 0. The van der Waals surface area contributed by atoms with E-state index in [1.54, 1.807) is 0 Å². The number of nitrogens with one attached hydrogen (secondary N) is 1. The highest BCUT2D eigenvalue weighted by Gasteiger charge is 2.13. The van der Waals surface area contributed by atoms with E-state index in [0.717, 1.165) is 39.2 Å². The first-order valence-electron chi connectivity index (χ1n) is 5.33. The largest absolute Gasteiger partial charge is 0.376 e. The molecule has 1 atom stereocenters. The van der Waals surface area contributed by atoms with Crippen molar-refractivity contribution in [3.63, 3.8) is 0 Å². The van der Waals surface area contributed by atoms with Gasteiger partial charge in [0.2, 0.25) is 0 Å². The van der Waals surface area contributed by atoms with Crippen LogP contribution in [-0.4, -0.2) is 50.8 Å². The minimum Gasteiger partial charge on any atom is -0.376 e. The van der Waals surface area contributed by atoms with Crippen LogP contribution in [0.5, 0.6) is 0 Å². The molecule has 14 heavy (non-hydrogen) atoms. The van der Waals surface area contributed by atoms with Gasteiger partial charge in [0.05, 0.1) is 12.7 Å². The highest BCUT2D eigenvalue weighted by Crippen LogP contribution is 2.03. The van der Waals surface area contributed by atoms with E-state index in [2.05, 4.69) is 30.8 Å². The second kappa shape index (κ2) is 6.17. The van der Waals surface area contributed by atoms with Crippen molar-refractivity contribution in [1.29, 1.82) is 0 Å². The molecule has 0 bridgehead atoms. The van der Waals surface area contributed by atoms with E-state index < -0.39 is 0 Å². The van der Waals surface area contributed by atoms with E-state index in [4.69, 9.17) is 4.74 Å². The van der Waals surface area contributed by atoms with Gasteiger partial charge in [-0.1, -0.05) is 12.2 Å². The Hall–Kier alpha value is -0.380. The fraction of sp³-hybridized carbons (Fsp3) is 0.818. The molecule has 0 aliphatic carbocycles. The van der Waals surface area contributed by atoms with Crippen LogP contribution in [0.15, 0.2) is 12.2 Å². The summed E-state index contributed by atoms with van der Waals surface area (Å²) in [7, 11) is 2.13. The van der Waals surface area contributed by atoms with E-state index >= 15 is 0 Å². The van der Waals surface area contributed by atoms with Gasteiger partial charge in [-0.2, -0.15) is 0 Å². The molecule has 1 fully saturated rings. The number of nitrogens with zero attached hydrogens (tertiary/aromatic N) is 1. The molecule has 0 amide bonds. The normalized spacial score (nSPS) is 22.6. The molecule has 1 N–H and O–H groups in total. The fourth-order valence-corrected chi connectivity index (χ4v) is 1.71. The van der Waals surface area contributed by atoms with Crippen molar-refractivity contribution < 1.29 is 4.74 Å². The van der Waals surface area contributed by atoms with E-state index in [1.165, 1.54) is 5.57 Å². The van der Waals surface area contributed by atoms with Crippen LogP contribution in [0.25, 0.3) is 0 Å². The lowest BCUT2D eigenvalue weighted by Crippen LogP contribution is -2.40. The van der Waals surface area contributed by atoms with E-state index in [9.17, 15) is 0 Å². The maximum absolute atomic E-state index is 5.62. The third-order valence-electron chi connectivity index (χ3n) is 2.38. The molecule has 0 aromatic carbocycles. The molecule has 1 aliphatic rings. The number of rotatable bonds is 5. The first-order chi connectivity index (χ1) is 6.68. The van der Waals surface area contributed by atoms with Gasteiger partial charge < -0.3 is 15.0 Å². The lowest BCUT2D eigenvalue weighted by atomic mass is 10.2. The molecule has 1 heterocycles. The van der Waals surface area contributed by atoms with Crippen LogP contribution in [0.2, 0.25) is 0 Å². The van der Waals surface area contributed by atoms with Crippen LogP contribution in [0, 0.1) is 0 Å². The second-order valence-corrected chi connectivity index (χ2v) is 4.18. The zero-order chi connectivity index (χ0) is 10.4. The summed E-state index contributed by atoms with van der Waals surface area (Å²) in [5.41, 5.74) is 1.22. The van der Waals surface area contributed by atoms with Gasteiger partial charge in [-0.3, -0.25) is 0 Å². The van der Waals surface area contributed by atoms with Crippen LogP contribution in [-0.2, 0) is 4.74 Å². The fourth-order valence-electron chi connectivity index (χ4n) is 1.71. The standard InChI is InChI=1S/C11H22N2O/c1-10(2)9-13(3)6-4-11-8-12-5-7-14-11/h11-12H,1,4-9H2,2-3H3. The number of likely N-dealkylation sites (N-methyl/N-ethyl adjacent to an activating group) is 1. The number of morpholine rings is 1. The molecule has 0 aromatic rings. The van der Waals surface area contributed by atoms with Gasteiger partial charge in [-0.15, -0.1) is 0 Å². The third kappa shape index (κ3) is 4.74. The van der Waals surface area contributed by atoms with E-state index in [-0.39, 0.29) is 0 Å². The average Bonchev–Trinajstić information content (AvgIpc) is 2.15. The highest BCUT2D eigenvalue weighted by atomic mass is 16.5. The van der Waals surface area contributed by atoms with Gasteiger partial charge in [0.15, 0.2) is 0 Å². The van der Waals surface area contributed by atoms with Gasteiger partial charge in [0.1, 0.15) is 0 Å². The lowest BCUT2D eigenvalue weighted by molar-refractivity contribution is 0.0191. The zero-order valence-electron chi connectivity index (χ0n) is 9.38. The quantitative estimate of drug-likeness (QED) is 0.664. The summed E-state index contributed by atoms with van der Waals surface area (Å²) in [6.45, 7) is 10.9. The Labute approximate surface area is 87.1 Å². The summed E-state index contributed by atoms with van der Waals surface area (Å²) < 4.78 is 5.62. The summed E-state index contributed by atoms with van der Waals surface area (Å²) in [4.78, 5) is 2.29. The minimum absolute atomic E-state index is 0.399. The lowest BCUT2D eigenvalue weighted by Gasteiger charge is -2.25. The molecule has 0 aromatic heterocycles. The molecule has 82 valence electrons. The predicted octanol–water partition coefficient (Wildman–Crippen LogP) is 0.873. The summed E-state index contributed by atoms with van der Waals surface area (Å²) >= 11 is 0. The van der Waals surface area contributed by atoms with Gasteiger partial charge in [0.25, 0.3) is 0 Å². The highest BCUT2D eigenvalue weighted by molar-refractivity contribution is 4.91. The first kappa shape index (κ1) is 11.7. The Balaban J connectivity index is 2.09. The van der Waals surface area contributed by atoms with Crippen LogP contribution in [0.4, 0.5) is 0 Å². The van der Waals surface area contributed by atoms with Crippen molar-refractivity contribution in [2.45, 2.75) is 19.4 Å². The predicted molar refractivity (Wildman–Crippen MR) is 59.5 cm³/mol. The van der Waals surface area contributed by atoms with E-state index in [1.807, 2.05) is 0 Å². The van der Waals surface area contributed by atoms with Crippen LogP contribution in [0.3, 0.4) is 0 Å². The van der Waals surface area contributed by atoms with Crippen LogP contribution in [0.1, 0.15) is 13.3 Å². The number of hydrogen-bond acceptors (Lipinski definition) is 3. The third-order valence-corrected chi connectivity index (χ3v) is 2.38. The van der Waals surface area contributed by atoms with Gasteiger partial charge in [0, 0.05) is 26.2 Å². The van der Waals surface area contributed by atoms with Crippen molar-refractivity contribution in [2.75, 3.05) is 39.8 Å². The monoisotopic (exact) mass is 198 g/mol. The molecule has 0 radical (unpaired) electrons. The minimum atomic E-state index is 0.399. The van der Waals surface area contributed by atoms with Crippen molar-refractivity contribution in [3.05, 3.63) is 12.2 Å². The molecule has 3 nitrogen and oxygen atoms in total. The summed E-state index contributed by atoms with van der Waals surface area (Å²) in [5, 5.41) is 3.34. The second-order valence-electron chi connectivity index (χ2n) is 4.18. The van der Waals surface area contributed by atoms with Gasteiger partial charge in [-0.25, -0.2) is 0 Å². The van der Waals surface area contributed by atoms with Crippen molar-refractivity contribution in [3.8, 4) is 0 Å². The van der Waals surface area contributed by atoms with Crippen molar-refractivity contribution in [2.24, 2.45) is 0 Å². The smallest absolute Gasteiger partial charge is 0.0712 e. The maximum Gasteiger partial charge on any atom is 0.0712 e. The van der Waals surface area contributed by atoms with Crippen molar-refractivity contribution >= 4 is 0 Å². The Morgan fingerprint density at radius 2 is 2.43 bits per heavy atom. The molecule has 1 rings (SSSR count). The van der Waals surface area contributed by atoms with Gasteiger partial charge >= 0.3 is 0 Å². The average molecular weight is 198 g/mol. The molecular weight excluding hydrogens is 176 g/mol. The molecule has 1 aliphatic heterocycles. The Morgan fingerprint density at radius 1 is 1.64 bits per heavy atom. The van der Waals surface area contributed by atoms with E-state index in [0.29, 0.717) is 6.10 Å². The zero-order valence-corrected chi connectivity index (χ0v) is 9.38. The summed E-state index contributed by atoms with van der Waals surface area (Å²) in [6, 6.07) is 0.